The van der Waals surface area contributed by atoms with E-state index in [1.165, 1.54) is 17.8 Å². The zero-order valence-electron chi connectivity index (χ0n) is 11.0. The van der Waals surface area contributed by atoms with Gasteiger partial charge in [0.15, 0.2) is 11.0 Å². The summed E-state index contributed by atoms with van der Waals surface area (Å²) in [4.78, 5) is 0. The van der Waals surface area contributed by atoms with E-state index in [9.17, 15) is 4.39 Å². The molecule has 0 saturated carbocycles. The minimum atomic E-state index is -0.322. The number of halogens is 1. The number of hydrogen-bond donors (Lipinski definition) is 1. The summed E-state index contributed by atoms with van der Waals surface area (Å²) in [6.45, 7) is 4.36. The van der Waals surface area contributed by atoms with E-state index in [2.05, 4.69) is 16.8 Å². The van der Waals surface area contributed by atoms with Crippen LogP contribution in [-0.4, -0.2) is 32.2 Å². The van der Waals surface area contributed by atoms with Gasteiger partial charge in [-0.1, -0.05) is 30.0 Å². The largest absolute Gasteiger partial charge is 0.396 e. The molecule has 1 N–H and O–H groups in total. The van der Waals surface area contributed by atoms with Crippen LogP contribution < -0.4 is 0 Å². The van der Waals surface area contributed by atoms with Crippen LogP contribution in [0.4, 0.5) is 4.39 Å². The smallest absolute Gasteiger partial charge is 0.191 e. The van der Waals surface area contributed by atoms with Crippen LogP contribution in [0.3, 0.4) is 0 Å². The van der Waals surface area contributed by atoms with Crippen LogP contribution >= 0.6 is 11.8 Å². The fourth-order valence-corrected chi connectivity index (χ4v) is 2.63. The molecule has 6 heteroatoms. The van der Waals surface area contributed by atoms with Crippen LogP contribution in [-0.2, 0) is 6.54 Å². The Morgan fingerprint density at radius 1 is 1.35 bits per heavy atom. The maximum absolute atomic E-state index is 13.9. The third-order valence-corrected chi connectivity index (χ3v) is 3.73. The quantitative estimate of drug-likeness (QED) is 0.484. The van der Waals surface area contributed by atoms with Crippen LogP contribution in [0.15, 0.2) is 42.1 Å². The number of aromatic nitrogens is 3. The van der Waals surface area contributed by atoms with Crippen LogP contribution in [0.1, 0.15) is 6.42 Å². The Labute approximate surface area is 121 Å². The molecular formula is C14H16FN3OS. The lowest BCUT2D eigenvalue weighted by molar-refractivity contribution is 0.296. The summed E-state index contributed by atoms with van der Waals surface area (Å²) in [6.07, 6.45) is 2.41. The molecule has 20 heavy (non-hydrogen) atoms. The Balaban J connectivity index is 2.33. The second-order valence-electron chi connectivity index (χ2n) is 4.11. The lowest BCUT2D eigenvalue weighted by atomic mass is 10.2. The van der Waals surface area contributed by atoms with E-state index in [1.807, 2.05) is 4.57 Å². The van der Waals surface area contributed by atoms with Gasteiger partial charge in [0.2, 0.25) is 0 Å². The topological polar surface area (TPSA) is 50.9 Å². The van der Waals surface area contributed by atoms with E-state index >= 15 is 0 Å². The van der Waals surface area contributed by atoms with Gasteiger partial charge in [0.1, 0.15) is 5.82 Å². The highest BCUT2D eigenvalue weighted by atomic mass is 32.2. The molecule has 1 aromatic heterocycles. The first-order valence-corrected chi connectivity index (χ1v) is 7.29. The van der Waals surface area contributed by atoms with Crippen molar-refractivity contribution in [3.05, 3.63) is 42.7 Å². The Morgan fingerprint density at radius 3 is 2.85 bits per heavy atom. The molecule has 2 rings (SSSR count). The molecule has 0 atom stereocenters. The van der Waals surface area contributed by atoms with Crippen LogP contribution in [0, 0.1) is 5.82 Å². The monoisotopic (exact) mass is 293 g/mol. The average molecular weight is 293 g/mol. The number of hydrogen-bond acceptors (Lipinski definition) is 4. The van der Waals surface area contributed by atoms with Crippen molar-refractivity contribution in [1.82, 2.24) is 14.8 Å². The molecule has 4 nitrogen and oxygen atoms in total. The highest BCUT2D eigenvalue weighted by molar-refractivity contribution is 7.99. The molecule has 2 aromatic rings. The van der Waals surface area contributed by atoms with Gasteiger partial charge in [-0.05, 0) is 18.6 Å². The zero-order chi connectivity index (χ0) is 14.4. The summed E-state index contributed by atoms with van der Waals surface area (Å²) in [5.74, 6) is 0.912. The highest BCUT2D eigenvalue weighted by Gasteiger charge is 2.15. The number of benzene rings is 1. The Morgan fingerprint density at radius 2 is 2.15 bits per heavy atom. The molecule has 0 aliphatic carbocycles. The minimum absolute atomic E-state index is 0.142. The summed E-state index contributed by atoms with van der Waals surface area (Å²) < 4.78 is 15.7. The maximum Gasteiger partial charge on any atom is 0.191 e. The van der Waals surface area contributed by atoms with Crippen molar-refractivity contribution in [3.8, 4) is 11.4 Å². The molecule has 0 aliphatic heterocycles. The number of thioether (sulfide) groups is 1. The van der Waals surface area contributed by atoms with Crippen molar-refractivity contribution in [2.75, 3.05) is 12.4 Å². The van der Waals surface area contributed by atoms with Crippen molar-refractivity contribution in [2.45, 2.75) is 18.1 Å². The standard InChI is InChI=1S/C14H16FN3OS/c1-2-8-18-13(11-6-3-4-7-12(11)15)16-17-14(18)20-10-5-9-19/h2-4,6-7,19H,1,5,8-10H2. The van der Waals surface area contributed by atoms with E-state index in [4.69, 9.17) is 5.11 Å². The van der Waals surface area contributed by atoms with E-state index in [-0.39, 0.29) is 12.4 Å². The first-order chi connectivity index (χ1) is 9.77. The van der Waals surface area contributed by atoms with Gasteiger partial charge in [-0.15, -0.1) is 16.8 Å². The second-order valence-corrected chi connectivity index (χ2v) is 5.17. The van der Waals surface area contributed by atoms with Crippen molar-refractivity contribution in [3.63, 3.8) is 0 Å². The Kier molecular flexibility index (Phi) is 5.31. The number of aliphatic hydroxyl groups is 1. The van der Waals surface area contributed by atoms with Crippen molar-refractivity contribution < 1.29 is 9.50 Å². The van der Waals surface area contributed by atoms with Crippen LogP contribution in [0.25, 0.3) is 11.4 Å². The summed E-state index contributed by atoms with van der Waals surface area (Å²) in [5.41, 5.74) is 0.427. The molecule has 0 spiro atoms. The summed E-state index contributed by atoms with van der Waals surface area (Å²) in [6, 6.07) is 6.50. The lowest BCUT2D eigenvalue weighted by Gasteiger charge is -2.08. The number of allylic oxidation sites excluding steroid dienone is 1. The molecule has 0 amide bonds. The summed E-state index contributed by atoms with van der Waals surface area (Å²) in [7, 11) is 0. The fourth-order valence-electron chi connectivity index (χ4n) is 1.76. The molecule has 0 fully saturated rings. The molecule has 106 valence electrons. The predicted molar refractivity (Wildman–Crippen MR) is 78.0 cm³/mol. The molecule has 1 aromatic carbocycles. The fraction of sp³-hybridized carbons (Fsp3) is 0.286. The van der Waals surface area contributed by atoms with Gasteiger partial charge in [0.25, 0.3) is 0 Å². The average Bonchev–Trinajstić information content (AvgIpc) is 2.83. The van der Waals surface area contributed by atoms with E-state index < -0.39 is 0 Å². The molecule has 0 saturated heterocycles. The highest BCUT2D eigenvalue weighted by Crippen LogP contribution is 2.26. The van der Waals surface area contributed by atoms with Gasteiger partial charge in [-0.3, -0.25) is 4.57 Å². The first-order valence-electron chi connectivity index (χ1n) is 6.30. The van der Waals surface area contributed by atoms with Crippen molar-refractivity contribution >= 4 is 11.8 Å². The summed E-state index contributed by atoms with van der Waals surface area (Å²) in [5, 5.41) is 17.7. The first kappa shape index (κ1) is 14.7. The SMILES string of the molecule is C=CCn1c(SCCCO)nnc1-c1ccccc1F. The van der Waals surface area contributed by atoms with E-state index in [0.717, 1.165) is 5.75 Å². The molecule has 0 bridgehead atoms. The van der Waals surface area contributed by atoms with Gasteiger partial charge in [-0.25, -0.2) is 4.39 Å². The minimum Gasteiger partial charge on any atom is -0.396 e. The van der Waals surface area contributed by atoms with Gasteiger partial charge < -0.3 is 5.11 Å². The molecule has 0 radical (unpaired) electrons. The lowest BCUT2D eigenvalue weighted by Crippen LogP contribution is -2.02. The number of aliphatic hydroxyl groups excluding tert-OH is 1. The molecule has 0 aliphatic rings. The van der Waals surface area contributed by atoms with Gasteiger partial charge in [-0.2, -0.15) is 0 Å². The summed E-state index contributed by atoms with van der Waals surface area (Å²) >= 11 is 1.49. The van der Waals surface area contributed by atoms with Gasteiger partial charge in [0.05, 0.1) is 5.56 Å². The molecule has 1 heterocycles. The van der Waals surface area contributed by atoms with Gasteiger partial charge in [0, 0.05) is 18.9 Å². The maximum atomic E-state index is 13.9. The zero-order valence-corrected chi connectivity index (χ0v) is 11.8. The third kappa shape index (κ3) is 3.26. The van der Waals surface area contributed by atoms with Crippen molar-refractivity contribution in [2.24, 2.45) is 0 Å². The van der Waals surface area contributed by atoms with E-state index in [1.54, 1.807) is 24.3 Å². The van der Waals surface area contributed by atoms with E-state index in [0.29, 0.717) is 29.5 Å². The second kappa shape index (κ2) is 7.21. The Hall–Kier alpha value is -1.66. The molecule has 0 unspecified atom stereocenters. The van der Waals surface area contributed by atoms with Gasteiger partial charge >= 0.3 is 0 Å². The number of rotatable bonds is 7. The normalized spacial score (nSPS) is 10.7. The molecular weight excluding hydrogens is 277 g/mol. The van der Waals surface area contributed by atoms with Crippen LogP contribution in [0.2, 0.25) is 0 Å². The van der Waals surface area contributed by atoms with Crippen LogP contribution in [0.5, 0.6) is 0 Å². The third-order valence-electron chi connectivity index (χ3n) is 2.68. The number of nitrogens with zero attached hydrogens (tertiary/aromatic N) is 3. The predicted octanol–water partition coefficient (Wildman–Crippen LogP) is 2.74. The van der Waals surface area contributed by atoms with Crippen molar-refractivity contribution in [1.29, 1.82) is 0 Å². The Bertz CT molecular complexity index is 586.